The second-order valence-corrected chi connectivity index (χ2v) is 16.9. The van der Waals surface area contributed by atoms with E-state index in [2.05, 4.69) is 27.7 Å². The molecule has 0 aromatic carbocycles. The zero-order valence-corrected chi connectivity index (χ0v) is 26.6. The Morgan fingerprint density at radius 2 is 1.10 bits per heavy atom. The van der Waals surface area contributed by atoms with Crippen molar-refractivity contribution in [2.24, 2.45) is 51.8 Å². The third kappa shape index (κ3) is 6.23. The third-order valence-electron chi connectivity index (χ3n) is 12.6. The quantitative estimate of drug-likeness (QED) is 0.325. The van der Waals surface area contributed by atoms with Crippen LogP contribution in [0.5, 0.6) is 0 Å². The highest BCUT2D eigenvalue weighted by Gasteiger charge is 2.60. The summed E-state index contributed by atoms with van der Waals surface area (Å²) in [5.41, 5.74) is -1.51. The summed E-state index contributed by atoms with van der Waals surface area (Å²) in [5, 5.41) is 20.6. The van der Waals surface area contributed by atoms with Crippen molar-refractivity contribution in [3.05, 3.63) is 0 Å². The molecule has 0 radical (unpaired) electrons. The molecular formula is C35H60O4. The van der Waals surface area contributed by atoms with Crippen LogP contribution in [0.4, 0.5) is 0 Å². The van der Waals surface area contributed by atoms with Crippen molar-refractivity contribution < 1.29 is 19.8 Å². The molecule has 0 amide bonds. The number of rotatable bonds is 8. The highest BCUT2D eigenvalue weighted by molar-refractivity contribution is 5.88. The summed E-state index contributed by atoms with van der Waals surface area (Å²) in [5.74, 6) is 3.01. The monoisotopic (exact) mass is 544 g/mol. The maximum atomic E-state index is 12.8. The van der Waals surface area contributed by atoms with Gasteiger partial charge in [0.25, 0.3) is 0 Å². The summed E-state index contributed by atoms with van der Waals surface area (Å²) in [6.45, 7) is 16.8. The second-order valence-electron chi connectivity index (χ2n) is 16.9. The first kappa shape index (κ1) is 31.2. The maximum absolute atomic E-state index is 12.8. The Hall–Kier alpha value is -0.740. The Kier molecular flexibility index (Phi) is 8.66. The fourth-order valence-electron chi connectivity index (χ4n) is 10.9. The fourth-order valence-corrected chi connectivity index (χ4v) is 10.9. The van der Waals surface area contributed by atoms with Crippen LogP contribution in [-0.2, 0) is 9.59 Å². The molecule has 0 aromatic heterocycles. The molecule has 0 spiro atoms. The average molecular weight is 545 g/mol. The lowest BCUT2D eigenvalue weighted by molar-refractivity contribution is -0.140. The van der Waals surface area contributed by atoms with Crippen molar-refractivity contribution in [1.29, 1.82) is 0 Å². The molecule has 4 fully saturated rings. The van der Waals surface area contributed by atoms with Gasteiger partial charge in [-0.25, -0.2) is 0 Å². The maximum Gasteiger partial charge on any atom is 0.166 e. The van der Waals surface area contributed by atoms with E-state index < -0.39 is 11.2 Å². The summed E-state index contributed by atoms with van der Waals surface area (Å²) in [6, 6.07) is 0. The normalized spacial score (nSPS) is 40.3. The Morgan fingerprint density at radius 1 is 0.667 bits per heavy atom. The summed E-state index contributed by atoms with van der Waals surface area (Å²) >= 11 is 0. The van der Waals surface area contributed by atoms with Gasteiger partial charge in [0.15, 0.2) is 11.6 Å². The second kappa shape index (κ2) is 10.8. The summed E-state index contributed by atoms with van der Waals surface area (Å²) in [7, 11) is 0. The lowest BCUT2D eigenvalue weighted by Gasteiger charge is -2.47. The molecule has 4 rings (SSSR count). The van der Waals surface area contributed by atoms with E-state index in [1.807, 2.05) is 0 Å². The first-order chi connectivity index (χ1) is 17.9. The standard InChI is InChI=1S/C35H60O4/c1-31(2,25-17-13-23(14-18-25)29(36)32(3,4)38)21-34(7)22-35(8,28-12-10-9-11-27(28)34)26-19-15-24(16-20-26)30(37)33(5,6)39/h23-28,38-39H,9-22H2,1-8H3. The average Bonchev–Trinajstić information content (AvgIpc) is 3.09. The van der Waals surface area contributed by atoms with Crippen molar-refractivity contribution in [1.82, 2.24) is 0 Å². The molecule has 39 heavy (non-hydrogen) atoms. The van der Waals surface area contributed by atoms with Gasteiger partial charge in [-0.3, -0.25) is 9.59 Å². The molecule has 4 atom stereocenters. The minimum absolute atomic E-state index is 0.0172. The van der Waals surface area contributed by atoms with Gasteiger partial charge in [-0.1, -0.05) is 40.5 Å². The van der Waals surface area contributed by atoms with E-state index in [4.69, 9.17) is 0 Å². The molecule has 4 aliphatic carbocycles. The number of hydrogen-bond donors (Lipinski definition) is 2. The van der Waals surface area contributed by atoms with E-state index in [-0.39, 0.29) is 28.8 Å². The lowest BCUT2D eigenvalue weighted by atomic mass is 9.58. The third-order valence-corrected chi connectivity index (χ3v) is 12.6. The van der Waals surface area contributed by atoms with Gasteiger partial charge in [-0.15, -0.1) is 0 Å². The van der Waals surface area contributed by atoms with E-state index >= 15 is 0 Å². The molecule has 4 aliphatic rings. The molecule has 0 aromatic rings. The molecule has 4 nitrogen and oxygen atoms in total. The minimum Gasteiger partial charge on any atom is -0.383 e. The zero-order chi connectivity index (χ0) is 29.0. The van der Waals surface area contributed by atoms with Crippen molar-refractivity contribution >= 4 is 11.6 Å². The van der Waals surface area contributed by atoms with Gasteiger partial charge < -0.3 is 10.2 Å². The van der Waals surface area contributed by atoms with Gasteiger partial charge in [-0.2, -0.15) is 0 Å². The van der Waals surface area contributed by atoms with Gasteiger partial charge in [0.05, 0.1) is 0 Å². The van der Waals surface area contributed by atoms with Crippen LogP contribution in [0.1, 0.15) is 145 Å². The molecule has 4 unspecified atom stereocenters. The van der Waals surface area contributed by atoms with Gasteiger partial charge in [0.2, 0.25) is 0 Å². The number of Topliss-reactive ketones (excluding diaryl/α,β-unsaturated/α-hetero) is 2. The van der Waals surface area contributed by atoms with E-state index in [1.165, 1.54) is 38.5 Å². The largest absolute Gasteiger partial charge is 0.383 e. The zero-order valence-electron chi connectivity index (χ0n) is 26.6. The number of aliphatic hydroxyl groups is 2. The van der Waals surface area contributed by atoms with Crippen LogP contribution in [0.25, 0.3) is 0 Å². The van der Waals surface area contributed by atoms with Crippen LogP contribution in [0.15, 0.2) is 0 Å². The topological polar surface area (TPSA) is 74.6 Å². The highest BCUT2D eigenvalue weighted by atomic mass is 16.3. The van der Waals surface area contributed by atoms with Gasteiger partial charge >= 0.3 is 0 Å². The first-order valence-corrected chi connectivity index (χ1v) is 16.4. The number of carbonyl (C=O) groups excluding carboxylic acids is 2. The van der Waals surface area contributed by atoms with Crippen LogP contribution < -0.4 is 0 Å². The number of carbonyl (C=O) groups is 2. The summed E-state index contributed by atoms with van der Waals surface area (Å²) in [4.78, 5) is 25.5. The Labute approximate surface area is 239 Å². The van der Waals surface area contributed by atoms with E-state index in [0.29, 0.717) is 22.7 Å². The van der Waals surface area contributed by atoms with Crippen LogP contribution in [0.2, 0.25) is 0 Å². The molecule has 0 bridgehead atoms. The molecule has 224 valence electrons. The minimum atomic E-state index is -1.22. The summed E-state index contributed by atoms with van der Waals surface area (Å²) in [6.07, 6.45) is 16.2. The van der Waals surface area contributed by atoms with Crippen molar-refractivity contribution in [3.8, 4) is 0 Å². The van der Waals surface area contributed by atoms with E-state index in [9.17, 15) is 19.8 Å². The number of hydrogen-bond acceptors (Lipinski definition) is 4. The predicted molar refractivity (Wildman–Crippen MR) is 158 cm³/mol. The van der Waals surface area contributed by atoms with Crippen molar-refractivity contribution in [3.63, 3.8) is 0 Å². The highest BCUT2D eigenvalue weighted by Crippen LogP contribution is 2.69. The number of fused-ring (bicyclic) bond motifs is 1. The lowest BCUT2D eigenvalue weighted by Crippen LogP contribution is -2.41. The molecule has 0 saturated heterocycles. The van der Waals surface area contributed by atoms with E-state index in [1.54, 1.807) is 27.7 Å². The van der Waals surface area contributed by atoms with Gasteiger partial charge in [-0.05, 0) is 145 Å². The van der Waals surface area contributed by atoms with Crippen LogP contribution in [0, 0.1) is 51.8 Å². The Balaban J connectivity index is 1.45. The fraction of sp³-hybridized carbons (Fsp3) is 0.943. The van der Waals surface area contributed by atoms with Crippen molar-refractivity contribution in [2.75, 3.05) is 0 Å². The molecule has 4 heteroatoms. The SMILES string of the molecule is CC(C)(O)C(=O)C1CCC(C(C)(C)CC2(C)CC(C)(C3CCC(C(=O)C(C)(C)O)CC3)C3CCCCC32)CC1. The van der Waals surface area contributed by atoms with Crippen LogP contribution >= 0.6 is 0 Å². The van der Waals surface area contributed by atoms with Gasteiger partial charge in [0.1, 0.15) is 11.2 Å². The smallest absolute Gasteiger partial charge is 0.166 e. The van der Waals surface area contributed by atoms with Gasteiger partial charge in [0, 0.05) is 11.8 Å². The molecule has 2 N–H and O–H groups in total. The van der Waals surface area contributed by atoms with Crippen LogP contribution in [0.3, 0.4) is 0 Å². The summed E-state index contributed by atoms with van der Waals surface area (Å²) < 4.78 is 0. The number of ketones is 2. The van der Waals surface area contributed by atoms with Crippen molar-refractivity contribution in [2.45, 2.75) is 156 Å². The molecule has 0 heterocycles. The van der Waals surface area contributed by atoms with Crippen LogP contribution in [-0.4, -0.2) is 33.0 Å². The molecule has 4 saturated carbocycles. The Morgan fingerprint density at radius 3 is 1.56 bits per heavy atom. The predicted octanol–water partition coefficient (Wildman–Crippen LogP) is 7.92. The first-order valence-electron chi connectivity index (χ1n) is 16.4. The molecular weight excluding hydrogens is 484 g/mol. The van der Waals surface area contributed by atoms with E-state index in [0.717, 1.165) is 63.2 Å². The molecule has 0 aliphatic heterocycles. The Bertz CT molecular complexity index is 891.